The molecule has 82 valence electrons. The molecule has 0 bridgehead atoms. The Hall–Kier alpha value is -1.62. The van der Waals surface area contributed by atoms with Gasteiger partial charge in [0.05, 0.1) is 5.69 Å². The number of nitrogens with two attached hydrogens (primary N) is 1. The van der Waals surface area contributed by atoms with E-state index in [9.17, 15) is 4.39 Å². The molecule has 0 aromatic heterocycles. The molecule has 0 aliphatic rings. The fourth-order valence-corrected chi connectivity index (χ4v) is 1.37. The minimum Gasteiger partial charge on any atom is -0.309 e. The molecule has 0 saturated carbocycles. The number of nitrogens with zero attached hydrogens (tertiary/aromatic N) is 2. The molecule has 0 aliphatic carbocycles. The first-order chi connectivity index (χ1) is 7.24. The van der Waals surface area contributed by atoms with E-state index in [1.807, 2.05) is 6.92 Å². The fourth-order valence-electron chi connectivity index (χ4n) is 1.37. The number of benzene rings is 1. The van der Waals surface area contributed by atoms with Crippen LogP contribution in [0, 0.1) is 5.82 Å². The zero-order valence-electron chi connectivity index (χ0n) is 8.87. The largest absolute Gasteiger partial charge is 0.309 e. The maximum absolute atomic E-state index is 13.5. The van der Waals surface area contributed by atoms with Gasteiger partial charge in [0.25, 0.3) is 0 Å². The number of aliphatic imine (C=N–C) groups is 1. The summed E-state index contributed by atoms with van der Waals surface area (Å²) >= 11 is 0. The van der Waals surface area contributed by atoms with Crippen LogP contribution in [-0.4, -0.2) is 19.6 Å². The van der Waals surface area contributed by atoms with Crippen LogP contribution in [0.5, 0.6) is 0 Å². The minimum atomic E-state index is -0.296. The number of halogens is 1. The van der Waals surface area contributed by atoms with Gasteiger partial charge < -0.3 is 4.90 Å². The molecule has 5 heteroatoms. The van der Waals surface area contributed by atoms with Gasteiger partial charge in [-0.2, -0.15) is 0 Å². The number of para-hydroxylation sites is 1. The zero-order chi connectivity index (χ0) is 11.3. The average molecular weight is 210 g/mol. The fraction of sp³-hybridized carbons (Fsp3) is 0.300. The van der Waals surface area contributed by atoms with E-state index in [1.165, 1.54) is 6.07 Å². The van der Waals surface area contributed by atoms with Crippen LogP contribution in [0.15, 0.2) is 29.3 Å². The number of hydrazine groups is 1. The highest BCUT2D eigenvalue weighted by Gasteiger charge is 2.13. The Bertz CT molecular complexity index is 351. The van der Waals surface area contributed by atoms with Crippen LogP contribution >= 0.6 is 0 Å². The third-order valence-electron chi connectivity index (χ3n) is 2.06. The van der Waals surface area contributed by atoms with Crippen LogP contribution in [0.4, 0.5) is 10.1 Å². The van der Waals surface area contributed by atoms with Crippen LogP contribution in [-0.2, 0) is 0 Å². The molecular formula is C10H15FN4. The van der Waals surface area contributed by atoms with E-state index in [0.29, 0.717) is 18.2 Å². The molecule has 3 N–H and O–H groups in total. The summed E-state index contributed by atoms with van der Waals surface area (Å²) in [5.74, 6) is 5.44. The van der Waals surface area contributed by atoms with Crippen molar-refractivity contribution >= 4 is 11.6 Å². The predicted molar refractivity (Wildman–Crippen MR) is 60.1 cm³/mol. The summed E-state index contributed by atoms with van der Waals surface area (Å²) in [6.07, 6.45) is 0. The van der Waals surface area contributed by atoms with Gasteiger partial charge in [-0.15, -0.1) is 0 Å². The topological polar surface area (TPSA) is 53.6 Å². The van der Waals surface area contributed by atoms with Gasteiger partial charge in [-0.1, -0.05) is 12.1 Å². The van der Waals surface area contributed by atoms with Crippen LogP contribution in [0.3, 0.4) is 0 Å². The molecular weight excluding hydrogens is 195 g/mol. The molecule has 0 radical (unpaired) electrons. The molecule has 15 heavy (non-hydrogen) atoms. The van der Waals surface area contributed by atoms with Crippen molar-refractivity contribution in [1.82, 2.24) is 5.43 Å². The van der Waals surface area contributed by atoms with Gasteiger partial charge in [0.2, 0.25) is 5.96 Å². The molecule has 4 nitrogen and oxygen atoms in total. The third-order valence-corrected chi connectivity index (χ3v) is 2.06. The number of nitrogens with one attached hydrogen (secondary N) is 1. The highest BCUT2D eigenvalue weighted by Crippen LogP contribution is 2.18. The number of guanidine groups is 1. The Morgan fingerprint density at radius 1 is 1.53 bits per heavy atom. The second-order valence-electron chi connectivity index (χ2n) is 2.89. The van der Waals surface area contributed by atoms with Crippen molar-refractivity contribution in [3.63, 3.8) is 0 Å². The van der Waals surface area contributed by atoms with Crippen molar-refractivity contribution in [3.8, 4) is 0 Å². The predicted octanol–water partition coefficient (Wildman–Crippen LogP) is 1.10. The Morgan fingerprint density at radius 3 is 2.67 bits per heavy atom. The van der Waals surface area contributed by atoms with Gasteiger partial charge in [0, 0.05) is 13.6 Å². The minimum absolute atomic E-state index is 0.296. The van der Waals surface area contributed by atoms with Gasteiger partial charge in [0.15, 0.2) is 0 Å². The molecule has 0 fully saturated rings. The van der Waals surface area contributed by atoms with E-state index >= 15 is 0 Å². The van der Waals surface area contributed by atoms with Crippen molar-refractivity contribution < 1.29 is 4.39 Å². The van der Waals surface area contributed by atoms with Gasteiger partial charge in [-0.3, -0.25) is 10.4 Å². The highest BCUT2D eigenvalue weighted by atomic mass is 19.1. The first-order valence-corrected chi connectivity index (χ1v) is 4.70. The quantitative estimate of drug-likeness (QED) is 0.332. The zero-order valence-corrected chi connectivity index (χ0v) is 8.87. The molecule has 1 aromatic rings. The molecule has 0 aliphatic heterocycles. The van der Waals surface area contributed by atoms with Gasteiger partial charge in [0.1, 0.15) is 5.82 Å². The molecule has 0 spiro atoms. The Labute approximate surface area is 88.6 Å². The van der Waals surface area contributed by atoms with E-state index in [0.717, 1.165) is 0 Å². The SMILES string of the molecule is CCN(C(=NC)NN)c1ccccc1F. The van der Waals surface area contributed by atoms with Crippen molar-refractivity contribution in [2.75, 3.05) is 18.5 Å². The molecule has 0 heterocycles. The summed E-state index contributed by atoms with van der Waals surface area (Å²) in [7, 11) is 1.60. The number of hydrogen-bond acceptors (Lipinski definition) is 2. The summed E-state index contributed by atoms with van der Waals surface area (Å²) in [4.78, 5) is 5.60. The summed E-state index contributed by atoms with van der Waals surface area (Å²) in [5, 5.41) is 0. The van der Waals surface area contributed by atoms with Crippen LogP contribution < -0.4 is 16.2 Å². The summed E-state index contributed by atoms with van der Waals surface area (Å²) in [6, 6.07) is 6.50. The van der Waals surface area contributed by atoms with E-state index < -0.39 is 0 Å². The molecule has 0 saturated heterocycles. The first kappa shape index (κ1) is 11.5. The van der Waals surface area contributed by atoms with Crippen LogP contribution in [0.2, 0.25) is 0 Å². The van der Waals surface area contributed by atoms with E-state index in [-0.39, 0.29) is 5.82 Å². The maximum atomic E-state index is 13.5. The molecule has 1 aromatic carbocycles. The van der Waals surface area contributed by atoms with Crippen LogP contribution in [0.1, 0.15) is 6.92 Å². The van der Waals surface area contributed by atoms with Crippen molar-refractivity contribution in [1.29, 1.82) is 0 Å². The average Bonchev–Trinajstić information content (AvgIpc) is 2.27. The number of anilines is 1. The second kappa shape index (κ2) is 5.31. The molecule has 1 rings (SSSR count). The number of hydrogen-bond donors (Lipinski definition) is 2. The summed E-state index contributed by atoms with van der Waals surface area (Å²) < 4.78 is 13.5. The highest BCUT2D eigenvalue weighted by molar-refractivity contribution is 5.95. The normalized spacial score (nSPS) is 11.3. The lowest BCUT2D eigenvalue weighted by atomic mass is 10.3. The van der Waals surface area contributed by atoms with Gasteiger partial charge >= 0.3 is 0 Å². The van der Waals surface area contributed by atoms with E-state index in [4.69, 9.17) is 5.84 Å². The lowest BCUT2D eigenvalue weighted by Gasteiger charge is -2.23. The summed E-state index contributed by atoms with van der Waals surface area (Å²) in [5.41, 5.74) is 2.89. The maximum Gasteiger partial charge on any atom is 0.212 e. The van der Waals surface area contributed by atoms with E-state index in [1.54, 1.807) is 30.1 Å². The first-order valence-electron chi connectivity index (χ1n) is 4.70. The second-order valence-corrected chi connectivity index (χ2v) is 2.89. The van der Waals surface area contributed by atoms with Crippen molar-refractivity contribution in [2.45, 2.75) is 6.92 Å². The number of rotatable bonds is 2. The van der Waals surface area contributed by atoms with E-state index in [2.05, 4.69) is 10.4 Å². The van der Waals surface area contributed by atoms with Gasteiger partial charge in [-0.05, 0) is 19.1 Å². The molecule has 0 atom stereocenters. The third kappa shape index (κ3) is 2.44. The standard InChI is InChI=1S/C10H15FN4/c1-3-15(10(13-2)14-12)9-7-5-4-6-8(9)11/h4-7H,3,12H2,1-2H3,(H,13,14). The Balaban J connectivity index is 3.07. The smallest absolute Gasteiger partial charge is 0.212 e. The Kier molecular flexibility index (Phi) is 4.05. The van der Waals surface area contributed by atoms with Gasteiger partial charge in [-0.25, -0.2) is 10.2 Å². The molecule has 0 unspecified atom stereocenters. The lowest BCUT2D eigenvalue weighted by Crippen LogP contribution is -2.45. The molecule has 0 amide bonds. The van der Waals surface area contributed by atoms with Crippen LogP contribution in [0.25, 0.3) is 0 Å². The van der Waals surface area contributed by atoms with Crippen molar-refractivity contribution in [3.05, 3.63) is 30.1 Å². The Morgan fingerprint density at radius 2 is 2.20 bits per heavy atom. The monoisotopic (exact) mass is 210 g/mol. The van der Waals surface area contributed by atoms with Crippen molar-refractivity contribution in [2.24, 2.45) is 10.8 Å². The summed E-state index contributed by atoms with van der Waals surface area (Å²) in [6.45, 7) is 2.48. The lowest BCUT2D eigenvalue weighted by molar-refractivity contribution is 0.626.